The van der Waals surface area contributed by atoms with Gasteiger partial charge in [-0.1, -0.05) is 0 Å². The third-order valence-corrected chi connectivity index (χ3v) is 2.68. The van der Waals surface area contributed by atoms with Gasteiger partial charge in [-0.05, 0) is 19.1 Å². The van der Waals surface area contributed by atoms with Crippen molar-refractivity contribution in [2.45, 2.75) is 19.9 Å². The molecule has 2 rings (SSSR count). The van der Waals surface area contributed by atoms with Crippen molar-refractivity contribution < 1.29 is 9.53 Å². The molecular formula is C12H14ClN3O2. The Morgan fingerprint density at radius 2 is 2.39 bits per heavy atom. The highest BCUT2D eigenvalue weighted by atomic mass is 35.5. The third kappa shape index (κ3) is 2.61. The van der Waals surface area contributed by atoms with Crippen molar-refractivity contribution in [2.75, 3.05) is 12.5 Å². The molecule has 0 N–H and O–H groups in total. The van der Waals surface area contributed by atoms with Gasteiger partial charge < -0.3 is 9.30 Å². The van der Waals surface area contributed by atoms with Gasteiger partial charge in [-0.15, -0.1) is 11.6 Å². The minimum atomic E-state index is -0.293. The first-order valence-corrected chi connectivity index (χ1v) is 6.31. The molecule has 0 saturated heterocycles. The van der Waals surface area contributed by atoms with Gasteiger partial charge in [-0.2, -0.15) is 0 Å². The van der Waals surface area contributed by atoms with E-state index in [9.17, 15) is 4.79 Å². The van der Waals surface area contributed by atoms with Crippen molar-refractivity contribution in [3.63, 3.8) is 0 Å². The smallest absolute Gasteiger partial charge is 0.326 e. The van der Waals surface area contributed by atoms with Crippen molar-refractivity contribution >= 4 is 28.7 Å². The average Bonchev–Trinajstić information content (AvgIpc) is 2.69. The number of imidazole rings is 1. The fraction of sp³-hybridized carbons (Fsp3) is 0.417. The molecule has 0 aromatic carbocycles. The maximum atomic E-state index is 11.6. The molecule has 0 unspecified atom stereocenters. The van der Waals surface area contributed by atoms with Gasteiger partial charge in [0.2, 0.25) is 0 Å². The number of carbonyl (C=O) groups is 1. The highest BCUT2D eigenvalue weighted by Gasteiger charge is 2.14. The number of ether oxygens (including phenoxy) is 1. The zero-order valence-corrected chi connectivity index (χ0v) is 10.9. The van der Waals surface area contributed by atoms with Gasteiger partial charge in [-0.3, -0.25) is 4.79 Å². The van der Waals surface area contributed by atoms with Gasteiger partial charge >= 0.3 is 5.97 Å². The quantitative estimate of drug-likeness (QED) is 0.612. The number of alkyl halides is 1. The Balaban J connectivity index is 2.38. The van der Waals surface area contributed by atoms with Gasteiger partial charge in [0.05, 0.1) is 6.61 Å². The molecule has 6 heteroatoms. The number of pyridine rings is 1. The first-order chi connectivity index (χ1) is 8.76. The number of halogens is 1. The van der Waals surface area contributed by atoms with Crippen molar-refractivity contribution in [1.29, 1.82) is 0 Å². The lowest BCUT2D eigenvalue weighted by molar-refractivity contribution is -0.143. The number of hydrogen-bond donors (Lipinski definition) is 0. The third-order valence-electron chi connectivity index (χ3n) is 2.49. The summed E-state index contributed by atoms with van der Waals surface area (Å²) in [7, 11) is 0. The molecule has 0 atom stereocenters. The summed E-state index contributed by atoms with van der Waals surface area (Å²) in [4.78, 5) is 20.2. The number of carbonyl (C=O) groups excluding carboxylic acids is 1. The lowest BCUT2D eigenvalue weighted by Crippen LogP contribution is -2.16. The predicted molar refractivity (Wildman–Crippen MR) is 68.6 cm³/mol. The highest BCUT2D eigenvalue weighted by Crippen LogP contribution is 2.14. The molecule has 96 valence electrons. The van der Waals surface area contributed by atoms with Crippen LogP contribution in [0, 0.1) is 0 Å². The monoisotopic (exact) mass is 267 g/mol. The number of hydrogen-bond acceptors (Lipinski definition) is 4. The van der Waals surface area contributed by atoms with Crippen LogP contribution >= 0.6 is 11.6 Å². The van der Waals surface area contributed by atoms with E-state index in [1.54, 1.807) is 17.7 Å². The van der Waals surface area contributed by atoms with Gasteiger partial charge in [0.1, 0.15) is 17.9 Å². The van der Waals surface area contributed by atoms with E-state index < -0.39 is 0 Å². The van der Waals surface area contributed by atoms with Crippen LogP contribution in [-0.4, -0.2) is 33.0 Å². The molecule has 0 amide bonds. The minimum Gasteiger partial charge on any atom is -0.465 e. The Bertz CT molecular complexity index is 553. The fourth-order valence-corrected chi connectivity index (χ4v) is 1.95. The minimum absolute atomic E-state index is 0.119. The zero-order chi connectivity index (χ0) is 13.0. The molecule has 0 radical (unpaired) electrons. The zero-order valence-electron chi connectivity index (χ0n) is 10.1. The average molecular weight is 268 g/mol. The summed E-state index contributed by atoms with van der Waals surface area (Å²) in [6.45, 7) is 2.26. The number of aryl methyl sites for hydroxylation is 1. The second-order valence-corrected chi connectivity index (χ2v) is 4.08. The summed E-state index contributed by atoms with van der Waals surface area (Å²) >= 11 is 5.74. The topological polar surface area (TPSA) is 57.0 Å². The SMILES string of the molecule is CCOC(=O)Cn1c(CCCl)nc2cccnc21. The van der Waals surface area contributed by atoms with Crippen LogP contribution in [0.3, 0.4) is 0 Å². The molecule has 5 nitrogen and oxygen atoms in total. The normalized spacial score (nSPS) is 10.8. The van der Waals surface area contributed by atoms with E-state index in [1.165, 1.54) is 0 Å². The number of esters is 1. The van der Waals surface area contributed by atoms with Crippen molar-refractivity contribution in [3.05, 3.63) is 24.2 Å². The van der Waals surface area contributed by atoms with Crippen LogP contribution < -0.4 is 0 Å². The number of fused-ring (bicyclic) bond motifs is 1. The first kappa shape index (κ1) is 12.8. The lowest BCUT2D eigenvalue weighted by Gasteiger charge is -2.06. The molecule has 2 aromatic heterocycles. The highest BCUT2D eigenvalue weighted by molar-refractivity contribution is 6.17. The van der Waals surface area contributed by atoms with Gasteiger partial charge in [0.25, 0.3) is 0 Å². The summed E-state index contributed by atoms with van der Waals surface area (Å²) in [6.07, 6.45) is 2.27. The first-order valence-electron chi connectivity index (χ1n) is 5.78. The maximum Gasteiger partial charge on any atom is 0.326 e. The van der Waals surface area contributed by atoms with Crippen LogP contribution in [0.4, 0.5) is 0 Å². The van der Waals surface area contributed by atoms with E-state index in [0.717, 1.165) is 11.3 Å². The molecule has 0 aliphatic heterocycles. The Morgan fingerprint density at radius 3 is 3.11 bits per heavy atom. The summed E-state index contributed by atoms with van der Waals surface area (Å²) in [6, 6.07) is 3.68. The van der Waals surface area contributed by atoms with Gasteiger partial charge in [0.15, 0.2) is 5.65 Å². The molecule has 2 aromatic rings. The van der Waals surface area contributed by atoms with Crippen molar-refractivity contribution in [3.8, 4) is 0 Å². The summed E-state index contributed by atoms with van der Waals surface area (Å²) in [5.41, 5.74) is 1.45. The van der Waals surface area contributed by atoms with Crippen molar-refractivity contribution in [2.24, 2.45) is 0 Å². The molecular weight excluding hydrogens is 254 g/mol. The van der Waals surface area contributed by atoms with Crippen LogP contribution in [-0.2, 0) is 22.5 Å². The molecule has 0 spiro atoms. The van der Waals surface area contributed by atoms with Gasteiger partial charge in [0, 0.05) is 18.5 Å². The second-order valence-electron chi connectivity index (χ2n) is 3.70. The van der Waals surface area contributed by atoms with E-state index in [0.29, 0.717) is 24.6 Å². The van der Waals surface area contributed by atoms with E-state index in [-0.39, 0.29) is 12.5 Å². The van der Waals surface area contributed by atoms with Gasteiger partial charge in [-0.25, -0.2) is 9.97 Å². The Kier molecular flexibility index (Phi) is 4.15. The summed E-state index contributed by atoms with van der Waals surface area (Å²) in [5, 5.41) is 0. The molecule has 18 heavy (non-hydrogen) atoms. The summed E-state index contributed by atoms with van der Waals surface area (Å²) < 4.78 is 6.71. The number of aromatic nitrogens is 3. The summed E-state index contributed by atoms with van der Waals surface area (Å²) in [5.74, 6) is 0.914. The van der Waals surface area contributed by atoms with E-state index >= 15 is 0 Å². The molecule has 0 aliphatic carbocycles. The lowest BCUT2D eigenvalue weighted by atomic mass is 10.4. The predicted octanol–water partition coefficient (Wildman–Crippen LogP) is 1.78. The molecule has 2 heterocycles. The van der Waals surface area contributed by atoms with E-state index in [2.05, 4.69) is 9.97 Å². The second kappa shape index (κ2) is 5.82. The van der Waals surface area contributed by atoms with Crippen LogP contribution in [0.1, 0.15) is 12.7 Å². The van der Waals surface area contributed by atoms with Crippen molar-refractivity contribution in [1.82, 2.24) is 14.5 Å². The Labute approximate surface area is 110 Å². The number of nitrogens with zero attached hydrogens (tertiary/aromatic N) is 3. The standard InChI is InChI=1S/C12H14ClN3O2/c1-2-18-11(17)8-16-10(5-6-13)15-9-4-3-7-14-12(9)16/h3-4,7H,2,5-6,8H2,1H3. The van der Waals surface area contributed by atoms with E-state index in [1.807, 2.05) is 12.1 Å². The fourth-order valence-electron chi connectivity index (χ4n) is 1.78. The maximum absolute atomic E-state index is 11.6. The molecule has 0 aliphatic rings. The molecule has 0 fully saturated rings. The largest absolute Gasteiger partial charge is 0.465 e. The molecule has 0 bridgehead atoms. The Hall–Kier alpha value is -1.62. The van der Waals surface area contributed by atoms with Crippen LogP contribution in [0.15, 0.2) is 18.3 Å². The van der Waals surface area contributed by atoms with Crippen LogP contribution in [0.2, 0.25) is 0 Å². The van der Waals surface area contributed by atoms with Crippen LogP contribution in [0.25, 0.3) is 11.2 Å². The number of rotatable bonds is 5. The Morgan fingerprint density at radius 1 is 1.56 bits per heavy atom. The van der Waals surface area contributed by atoms with Crippen LogP contribution in [0.5, 0.6) is 0 Å². The van der Waals surface area contributed by atoms with E-state index in [4.69, 9.17) is 16.3 Å². The molecule has 0 saturated carbocycles.